The molecule has 0 spiro atoms. The van der Waals surface area contributed by atoms with Gasteiger partial charge in [-0.1, -0.05) is 0 Å². The van der Waals surface area contributed by atoms with E-state index in [1.165, 1.54) is 0 Å². The molecule has 0 aliphatic heterocycles. The quantitative estimate of drug-likeness (QED) is 0.332. The summed E-state index contributed by atoms with van der Waals surface area (Å²) in [7, 11) is 0. The number of rotatable bonds is 0. The first-order chi connectivity index (χ1) is 5.00. The first-order valence-electron chi connectivity index (χ1n) is 2.39. The fourth-order valence-corrected chi connectivity index (χ4v) is 0. The summed E-state index contributed by atoms with van der Waals surface area (Å²) in [5, 5.41) is 0. The van der Waals surface area contributed by atoms with Gasteiger partial charge in [0.05, 0.1) is 0 Å². The summed E-state index contributed by atoms with van der Waals surface area (Å²) in [5.41, 5.74) is 0. The van der Waals surface area contributed by atoms with Gasteiger partial charge in [-0.2, -0.15) is 0 Å². The van der Waals surface area contributed by atoms with Crippen LogP contribution in [-0.2, 0) is 18.1 Å². The van der Waals surface area contributed by atoms with E-state index >= 15 is 0 Å². The third-order valence-electron chi connectivity index (χ3n) is 0. The molecule has 0 unspecified atom stereocenters. The Balaban J connectivity index is -0.0000000350. The molecule has 0 amide bonds. The maximum atomic E-state index is 7.38. The Labute approximate surface area is 72.7 Å². The van der Waals surface area contributed by atoms with Gasteiger partial charge in [-0.3, -0.25) is 0 Å². The summed E-state index contributed by atoms with van der Waals surface area (Å²) < 4.78 is 29.5. The Hall–Kier alpha value is -0.226. The zero-order chi connectivity index (χ0) is 10.5. The van der Waals surface area contributed by atoms with Gasteiger partial charge in [-0.05, 0) is 0 Å². The second kappa shape index (κ2) is 22.6. The zero-order valence-corrected chi connectivity index (χ0v) is 8.09. The minimum absolute atomic E-state index is 3.00. The van der Waals surface area contributed by atoms with E-state index in [0.717, 1.165) is 0 Å². The monoisotopic (exact) mass is 200 g/mol. The average molecular weight is 200 g/mol. The summed E-state index contributed by atoms with van der Waals surface area (Å²) in [6.07, 6.45) is 0. The van der Waals surface area contributed by atoms with E-state index in [2.05, 4.69) is 39.5 Å². The van der Waals surface area contributed by atoms with Crippen molar-refractivity contribution >= 4 is 0 Å². The van der Waals surface area contributed by atoms with Gasteiger partial charge < -0.3 is 0 Å². The predicted octanol–water partition coefficient (Wildman–Crippen LogP) is 0.176. The van der Waals surface area contributed by atoms with Crippen LogP contribution in [0.3, 0.4) is 0 Å². The molecule has 0 aromatic rings. The van der Waals surface area contributed by atoms with E-state index in [1.807, 2.05) is 0 Å². The number of hydrogen-bond acceptors (Lipinski definition) is 4. The van der Waals surface area contributed by atoms with Crippen molar-refractivity contribution in [3.05, 3.63) is 39.5 Å². The molecule has 0 aliphatic carbocycles. The van der Waals surface area contributed by atoms with Crippen LogP contribution in [0.15, 0.2) is 39.5 Å². The molecule has 0 aromatic heterocycles. The fourth-order valence-electron chi connectivity index (χ4n) is 0. The van der Waals surface area contributed by atoms with Gasteiger partial charge in [-0.25, -0.2) is 0 Å². The molecule has 0 radical (unpaired) electrons. The third-order valence-corrected chi connectivity index (χ3v) is 0. The van der Waals surface area contributed by atoms with Gasteiger partial charge in [-0.15, -0.1) is 39.5 Å². The van der Waals surface area contributed by atoms with Crippen molar-refractivity contribution in [3.8, 4) is 0 Å². The molecule has 4 N–H and O–H groups in total. The number of hydrogen-bond donors (Lipinski definition) is 4. The van der Waals surface area contributed by atoms with Crippen molar-refractivity contribution in [1.82, 2.24) is 0 Å². The first-order valence-corrected chi connectivity index (χ1v) is 5.19. The Bertz CT molecular complexity index is 51.3. The van der Waals surface area contributed by atoms with Crippen molar-refractivity contribution < 1.29 is 32.9 Å². The van der Waals surface area contributed by atoms with Gasteiger partial charge in [0.2, 0.25) is 0 Å². The van der Waals surface area contributed by atoms with Gasteiger partial charge in [0.1, 0.15) is 0 Å². The second-order valence-corrected chi connectivity index (χ2v) is 2.47. The standard InChI is InChI=1S/3C2H4.4H2O.Ti/c3*1-2;;;;;/h3*1-2H2;4*1H2;/q;;;;;;;+4/p-4. The second-order valence-electron chi connectivity index (χ2n) is 0.600. The van der Waals surface area contributed by atoms with Gasteiger partial charge >= 0.3 is 32.9 Å². The van der Waals surface area contributed by atoms with Crippen LogP contribution in [0.25, 0.3) is 0 Å². The molecule has 0 atom stereocenters. The average Bonchev–Trinajstić information content (AvgIpc) is 1.96. The molecule has 0 saturated heterocycles. The van der Waals surface area contributed by atoms with Crippen LogP contribution < -0.4 is 0 Å². The van der Waals surface area contributed by atoms with Gasteiger partial charge in [0.15, 0.2) is 0 Å². The first kappa shape index (κ1) is 22.4. The minimum atomic E-state index is -5.00. The summed E-state index contributed by atoms with van der Waals surface area (Å²) >= 11 is -5.00. The Kier molecular flexibility index (Phi) is 46.0. The van der Waals surface area contributed by atoms with E-state index in [9.17, 15) is 0 Å². The van der Waals surface area contributed by atoms with Crippen molar-refractivity contribution in [3.63, 3.8) is 0 Å². The molecule has 11 heavy (non-hydrogen) atoms. The summed E-state index contributed by atoms with van der Waals surface area (Å²) in [5.74, 6) is 0. The molecule has 0 saturated carbocycles. The van der Waals surface area contributed by atoms with E-state index < -0.39 is 18.1 Å². The Morgan fingerprint density at radius 1 is 0.545 bits per heavy atom. The van der Waals surface area contributed by atoms with Crippen LogP contribution >= 0.6 is 0 Å². The molecule has 0 bridgehead atoms. The van der Waals surface area contributed by atoms with Crippen LogP contribution in [0.4, 0.5) is 0 Å². The molecule has 0 rings (SSSR count). The van der Waals surface area contributed by atoms with Gasteiger partial charge in [0.25, 0.3) is 0 Å². The molecule has 0 aromatic carbocycles. The van der Waals surface area contributed by atoms with E-state index in [-0.39, 0.29) is 0 Å². The third kappa shape index (κ3) is 11600. The van der Waals surface area contributed by atoms with Crippen molar-refractivity contribution in [2.75, 3.05) is 0 Å². The topological polar surface area (TPSA) is 80.9 Å². The molecule has 4 nitrogen and oxygen atoms in total. The summed E-state index contributed by atoms with van der Waals surface area (Å²) in [6, 6.07) is 0. The van der Waals surface area contributed by atoms with Crippen LogP contribution in [0, 0.1) is 0 Å². The van der Waals surface area contributed by atoms with Crippen LogP contribution in [0.1, 0.15) is 0 Å². The summed E-state index contributed by atoms with van der Waals surface area (Å²) in [4.78, 5) is 0. The van der Waals surface area contributed by atoms with Crippen LogP contribution in [0.2, 0.25) is 0 Å². The van der Waals surface area contributed by atoms with Crippen LogP contribution in [-0.4, -0.2) is 14.8 Å². The molecular weight excluding hydrogens is 184 g/mol. The molecule has 68 valence electrons. The molecular formula is C6H16O4Ti. The van der Waals surface area contributed by atoms with Gasteiger partial charge in [0, 0.05) is 0 Å². The van der Waals surface area contributed by atoms with Crippen LogP contribution in [0.5, 0.6) is 0 Å². The molecule has 0 fully saturated rings. The zero-order valence-electron chi connectivity index (χ0n) is 6.53. The maximum absolute atomic E-state index is 7.38. The summed E-state index contributed by atoms with van der Waals surface area (Å²) in [6.45, 7) is 18.0. The van der Waals surface area contributed by atoms with Crippen molar-refractivity contribution in [2.24, 2.45) is 0 Å². The Morgan fingerprint density at radius 3 is 0.545 bits per heavy atom. The molecule has 0 aliphatic rings. The Morgan fingerprint density at radius 2 is 0.545 bits per heavy atom. The van der Waals surface area contributed by atoms with Crippen molar-refractivity contribution in [2.45, 2.75) is 0 Å². The van der Waals surface area contributed by atoms with E-state index in [1.54, 1.807) is 0 Å². The predicted molar refractivity (Wildman–Crippen MR) is 42.6 cm³/mol. The van der Waals surface area contributed by atoms with E-state index in [4.69, 9.17) is 14.8 Å². The van der Waals surface area contributed by atoms with Crippen molar-refractivity contribution in [1.29, 1.82) is 0 Å². The normalized spacial score (nSPS) is 6.55. The van der Waals surface area contributed by atoms with E-state index in [0.29, 0.717) is 0 Å². The molecule has 5 heteroatoms. The fraction of sp³-hybridized carbons (Fsp3) is 0. The SMILES string of the molecule is C=C.C=C.C=C.[OH][Ti]([OH])([OH])[OH]. The molecule has 0 heterocycles.